The van der Waals surface area contributed by atoms with Gasteiger partial charge in [0.05, 0.1) is 10.9 Å². The Bertz CT molecular complexity index is 747. The number of nitrogens with zero attached hydrogens (tertiary/aromatic N) is 3. The fourth-order valence-corrected chi connectivity index (χ4v) is 2.70. The number of amides is 1. The fraction of sp³-hybridized carbons (Fsp3) is 0.429. The van der Waals surface area contributed by atoms with Crippen LogP contribution in [-0.4, -0.2) is 52.8 Å². The Labute approximate surface area is 141 Å². The predicted octanol–water partition coefficient (Wildman–Crippen LogP) is 1.81. The molecule has 0 spiro atoms. The molecule has 2 aromatic heterocycles. The molecule has 0 saturated carbocycles. The second-order valence-electron chi connectivity index (χ2n) is 5.21. The van der Waals surface area contributed by atoms with Crippen molar-refractivity contribution in [3.8, 4) is 5.88 Å². The van der Waals surface area contributed by atoms with Crippen LogP contribution >= 0.6 is 12.4 Å². The van der Waals surface area contributed by atoms with E-state index in [0.29, 0.717) is 42.8 Å². The summed E-state index contributed by atoms with van der Waals surface area (Å²) in [6.45, 7) is 0.428. The number of fused-ring (bicyclic) bond motifs is 3. The van der Waals surface area contributed by atoms with Gasteiger partial charge in [0, 0.05) is 32.4 Å². The van der Waals surface area contributed by atoms with Gasteiger partial charge in [0.25, 0.3) is 5.91 Å². The van der Waals surface area contributed by atoms with Crippen LogP contribution in [0, 0.1) is 0 Å². The zero-order valence-corrected chi connectivity index (χ0v) is 13.4. The first kappa shape index (κ1) is 18.3. The first-order valence-corrected chi connectivity index (χ1v) is 7.08. The van der Waals surface area contributed by atoms with Gasteiger partial charge in [-0.25, -0.2) is 4.98 Å². The summed E-state index contributed by atoms with van der Waals surface area (Å²) in [5.74, 6) is -0.320. The largest absolute Gasteiger partial charge is 0.468 e. The highest BCUT2D eigenvalue weighted by Crippen LogP contribution is 2.30. The molecule has 0 atom stereocenters. The van der Waals surface area contributed by atoms with Gasteiger partial charge in [-0.3, -0.25) is 4.79 Å². The van der Waals surface area contributed by atoms with Crippen LogP contribution in [0.3, 0.4) is 0 Å². The van der Waals surface area contributed by atoms with Crippen LogP contribution in [0.25, 0.3) is 10.9 Å². The summed E-state index contributed by atoms with van der Waals surface area (Å²) in [7, 11) is 0. The maximum Gasteiger partial charge on any atom is 0.422 e. The third-order valence-corrected chi connectivity index (χ3v) is 3.66. The minimum Gasteiger partial charge on any atom is -0.468 e. The van der Waals surface area contributed by atoms with Gasteiger partial charge in [-0.05, 0) is 12.1 Å². The maximum absolute atomic E-state index is 12.4. The van der Waals surface area contributed by atoms with Gasteiger partial charge in [-0.2, -0.15) is 13.2 Å². The molecule has 1 amide bonds. The topological polar surface area (TPSA) is 73.4 Å². The minimum atomic E-state index is -4.45. The Morgan fingerprint density at radius 2 is 2.08 bits per heavy atom. The number of alkyl halides is 3. The number of carbonyl (C=O) groups is 1. The van der Waals surface area contributed by atoms with Gasteiger partial charge in [-0.1, -0.05) is 0 Å². The van der Waals surface area contributed by atoms with Crippen molar-refractivity contribution in [3.63, 3.8) is 0 Å². The van der Waals surface area contributed by atoms with E-state index in [9.17, 15) is 18.0 Å². The van der Waals surface area contributed by atoms with Gasteiger partial charge in [0.15, 0.2) is 6.61 Å². The molecule has 0 aliphatic carbocycles. The standard InChI is InChI=1S/C14H15F3N4O2.ClH/c15-14(16,17)8-23-12-9-7-11-13(22)20(4-2-18)5-6-21(11)10(9)1-3-19-12;/h1,3,7H,2,4-6,8,18H2;1H. The fourth-order valence-electron chi connectivity index (χ4n) is 2.70. The summed E-state index contributed by atoms with van der Waals surface area (Å²) in [5, 5.41) is 0.398. The van der Waals surface area contributed by atoms with E-state index >= 15 is 0 Å². The van der Waals surface area contributed by atoms with Gasteiger partial charge in [0.2, 0.25) is 5.88 Å². The lowest BCUT2D eigenvalue weighted by molar-refractivity contribution is -0.153. The molecule has 10 heteroatoms. The Balaban J connectivity index is 0.00000208. The summed E-state index contributed by atoms with van der Waals surface area (Å²) in [6, 6.07) is 3.18. The molecular formula is C14H16ClF3N4O2. The molecule has 6 nitrogen and oxygen atoms in total. The van der Waals surface area contributed by atoms with Crippen LogP contribution in [0.4, 0.5) is 13.2 Å². The average Bonchev–Trinajstić information content (AvgIpc) is 2.87. The number of rotatable bonds is 4. The molecule has 3 rings (SSSR count). The molecule has 0 unspecified atom stereocenters. The number of ether oxygens (including phenoxy) is 1. The van der Waals surface area contributed by atoms with Crippen molar-refractivity contribution in [2.45, 2.75) is 12.7 Å². The van der Waals surface area contributed by atoms with E-state index < -0.39 is 12.8 Å². The smallest absolute Gasteiger partial charge is 0.422 e. The number of carbonyl (C=O) groups excluding carboxylic acids is 1. The zero-order chi connectivity index (χ0) is 16.6. The normalized spacial score (nSPS) is 14.5. The van der Waals surface area contributed by atoms with Crippen LogP contribution in [0.2, 0.25) is 0 Å². The molecule has 132 valence electrons. The summed E-state index contributed by atoms with van der Waals surface area (Å²) < 4.78 is 43.6. The van der Waals surface area contributed by atoms with Crippen molar-refractivity contribution in [1.29, 1.82) is 0 Å². The number of pyridine rings is 1. The second-order valence-corrected chi connectivity index (χ2v) is 5.21. The Hall–Kier alpha value is -2.00. The van der Waals surface area contributed by atoms with Crippen LogP contribution in [0.5, 0.6) is 5.88 Å². The summed E-state index contributed by atoms with van der Waals surface area (Å²) >= 11 is 0. The van der Waals surface area contributed by atoms with E-state index in [1.165, 1.54) is 12.3 Å². The molecule has 0 bridgehead atoms. The number of halogens is 4. The summed E-state index contributed by atoms with van der Waals surface area (Å²) in [5.41, 5.74) is 6.52. The molecule has 2 N–H and O–H groups in total. The van der Waals surface area contributed by atoms with E-state index in [1.54, 1.807) is 15.5 Å². The Morgan fingerprint density at radius 3 is 2.75 bits per heavy atom. The van der Waals surface area contributed by atoms with Gasteiger partial charge in [-0.15, -0.1) is 12.4 Å². The van der Waals surface area contributed by atoms with Gasteiger partial charge >= 0.3 is 6.18 Å². The molecule has 24 heavy (non-hydrogen) atoms. The Kier molecular flexibility index (Phi) is 5.24. The lowest BCUT2D eigenvalue weighted by Crippen LogP contribution is -2.42. The molecule has 0 aromatic carbocycles. The summed E-state index contributed by atoms with van der Waals surface area (Å²) in [6.07, 6.45) is -3.07. The van der Waals surface area contributed by atoms with Crippen LogP contribution in [0.15, 0.2) is 18.3 Å². The van der Waals surface area contributed by atoms with Crippen molar-refractivity contribution in [2.75, 3.05) is 26.2 Å². The van der Waals surface area contributed by atoms with Gasteiger partial charge < -0.3 is 19.9 Å². The third-order valence-electron chi connectivity index (χ3n) is 3.66. The Morgan fingerprint density at radius 1 is 1.33 bits per heavy atom. The lowest BCUT2D eigenvalue weighted by atomic mass is 10.2. The third kappa shape index (κ3) is 3.41. The quantitative estimate of drug-likeness (QED) is 0.898. The highest BCUT2D eigenvalue weighted by atomic mass is 35.5. The summed E-state index contributed by atoms with van der Waals surface area (Å²) in [4.78, 5) is 17.9. The van der Waals surface area contributed by atoms with Crippen LogP contribution in [0.1, 0.15) is 10.5 Å². The van der Waals surface area contributed by atoms with E-state index in [1.807, 2.05) is 0 Å². The average molecular weight is 365 g/mol. The zero-order valence-electron chi connectivity index (χ0n) is 12.5. The van der Waals surface area contributed by atoms with E-state index in [-0.39, 0.29) is 24.2 Å². The SMILES string of the molecule is Cl.NCCN1CCn2c(cc3c(OCC(F)(F)F)nccc32)C1=O. The molecule has 0 saturated heterocycles. The monoisotopic (exact) mass is 364 g/mol. The first-order valence-electron chi connectivity index (χ1n) is 7.08. The molecule has 1 aliphatic rings. The van der Waals surface area contributed by atoms with Crippen molar-refractivity contribution in [1.82, 2.24) is 14.5 Å². The number of aromatic nitrogens is 2. The molecule has 1 aliphatic heterocycles. The highest BCUT2D eigenvalue weighted by Gasteiger charge is 2.30. The maximum atomic E-state index is 12.4. The number of nitrogens with two attached hydrogens (primary N) is 1. The van der Waals surface area contributed by atoms with Gasteiger partial charge in [0.1, 0.15) is 5.69 Å². The first-order chi connectivity index (χ1) is 10.9. The molecule has 0 fully saturated rings. The molecule has 0 radical (unpaired) electrons. The highest BCUT2D eigenvalue weighted by molar-refractivity contribution is 6.00. The molecule has 2 aromatic rings. The second kappa shape index (κ2) is 6.86. The van der Waals surface area contributed by atoms with Crippen LogP contribution < -0.4 is 10.5 Å². The van der Waals surface area contributed by atoms with E-state index in [4.69, 9.17) is 10.5 Å². The van der Waals surface area contributed by atoms with Crippen molar-refractivity contribution in [2.24, 2.45) is 5.73 Å². The molecular weight excluding hydrogens is 349 g/mol. The van der Waals surface area contributed by atoms with Crippen molar-refractivity contribution >= 4 is 29.2 Å². The number of hydrogen-bond donors (Lipinski definition) is 1. The minimum absolute atomic E-state index is 0. The van der Waals surface area contributed by atoms with Crippen molar-refractivity contribution < 1.29 is 22.7 Å². The lowest BCUT2D eigenvalue weighted by Gasteiger charge is -2.28. The van der Waals surface area contributed by atoms with Crippen molar-refractivity contribution in [3.05, 3.63) is 24.0 Å². The van der Waals surface area contributed by atoms with E-state index in [2.05, 4.69) is 4.98 Å². The molecule has 3 heterocycles. The van der Waals surface area contributed by atoms with Crippen LogP contribution in [-0.2, 0) is 6.54 Å². The number of hydrogen-bond acceptors (Lipinski definition) is 4. The van der Waals surface area contributed by atoms with E-state index in [0.717, 1.165) is 0 Å². The predicted molar refractivity (Wildman–Crippen MR) is 83.5 cm³/mol.